The van der Waals surface area contributed by atoms with Gasteiger partial charge in [-0.15, -0.1) is 0 Å². The van der Waals surface area contributed by atoms with E-state index in [9.17, 15) is 4.79 Å². The van der Waals surface area contributed by atoms with Crippen LogP contribution in [0.4, 0.5) is 0 Å². The van der Waals surface area contributed by atoms with E-state index in [1.807, 2.05) is 6.92 Å². The van der Waals surface area contributed by atoms with Gasteiger partial charge in [-0.25, -0.2) is 0 Å². The third-order valence-corrected chi connectivity index (χ3v) is 2.60. The SMILES string of the molecule is CC1COC(CO)CN1C(=O)c1cn[nH]n1. The minimum Gasteiger partial charge on any atom is -0.394 e. The smallest absolute Gasteiger partial charge is 0.276 e. The Morgan fingerprint density at radius 2 is 2.62 bits per heavy atom. The fraction of sp³-hybridized carbons (Fsp3) is 0.667. The van der Waals surface area contributed by atoms with Crippen LogP contribution in [0.2, 0.25) is 0 Å². The molecule has 2 rings (SSSR count). The lowest BCUT2D eigenvalue weighted by Crippen LogP contribution is -2.52. The van der Waals surface area contributed by atoms with Crippen molar-refractivity contribution in [1.82, 2.24) is 20.3 Å². The Bertz CT molecular complexity index is 354. The number of aromatic amines is 1. The van der Waals surface area contributed by atoms with E-state index in [-0.39, 0.29) is 30.4 Å². The Morgan fingerprint density at radius 1 is 1.81 bits per heavy atom. The van der Waals surface area contributed by atoms with Crippen LogP contribution in [0, 0.1) is 0 Å². The molecule has 7 nitrogen and oxygen atoms in total. The fourth-order valence-corrected chi connectivity index (χ4v) is 1.66. The van der Waals surface area contributed by atoms with Crippen molar-refractivity contribution < 1.29 is 14.6 Å². The Hall–Kier alpha value is -1.47. The van der Waals surface area contributed by atoms with Gasteiger partial charge in [0.05, 0.1) is 31.6 Å². The average molecular weight is 226 g/mol. The van der Waals surface area contributed by atoms with Gasteiger partial charge in [0.25, 0.3) is 5.91 Å². The molecule has 88 valence electrons. The van der Waals surface area contributed by atoms with E-state index in [4.69, 9.17) is 9.84 Å². The van der Waals surface area contributed by atoms with Crippen LogP contribution in [0.25, 0.3) is 0 Å². The maximum absolute atomic E-state index is 12.0. The molecule has 1 amide bonds. The second kappa shape index (κ2) is 4.58. The van der Waals surface area contributed by atoms with Crippen molar-refractivity contribution in [3.63, 3.8) is 0 Å². The molecule has 0 aromatic carbocycles. The number of amides is 1. The lowest BCUT2D eigenvalue weighted by atomic mass is 10.2. The first kappa shape index (κ1) is 11.0. The number of rotatable bonds is 2. The maximum atomic E-state index is 12.0. The molecular weight excluding hydrogens is 212 g/mol. The number of aliphatic hydroxyl groups is 1. The van der Waals surface area contributed by atoms with E-state index in [0.29, 0.717) is 13.2 Å². The largest absolute Gasteiger partial charge is 0.394 e. The molecule has 2 heterocycles. The van der Waals surface area contributed by atoms with Crippen molar-refractivity contribution in [3.8, 4) is 0 Å². The van der Waals surface area contributed by atoms with Crippen molar-refractivity contribution in [2.75, 3.05) is 19.8 Å². The van der Waals surface area contributed by atoms with Gasteiger partial charge < -0.3 is 14.7 Å². The Kier molecular flexibility index (Phi) is 3.16. The normalized spacial score (nSPS) is 25.8. The van der Waals surface area contributed by atoms with Gasteiger partial charge in [-0.05, 0) is 6.92 Å². The van der Waals surface area contributed by atoms with E-state index >= 15 is 0 Å². The number of H-pyrrole nitrogens is 1. The van der Waals surface area contributed by atoms with Crippen LogP contribution in [0.3, 0.4) is 0 Å². The van der Waals surface area contributed by atoms with Crippen molar-refractivity contribution in [2.45, 2.75) is 19.1 Å². The summed E-state index contributed by atoms with van der Waals surface area (Å²) in [5.74, 6) is -0.192. The number of nitrogens with one attached hydrogen (secondary N) is 1. The molecule has 1 aromatic heterocycles. The van der Waals surface area contributed by atoms with Crippen LogP contribution in [-0.2, 0) is 4.74 Å². The minimum absolute atomic E-state index is 0.0213. The van der Waals surface area contributed by atoms with Crippen LogP contribution >= 0.6 is 0 Å². The summed E-state index contributed by atoms with van der Waals surface area (Å²) < 4.78 is 5.35. The van der Waals surface area contributed by atoms with Gasteiger partial charge in [-0.3, -0.25) is 4.79 Å². The predicted molar refractivity (Wildman–Crippen MR) is 53.7 cm³/mol. The van der Waals surface area contributed by atoms with E-state index < -0.39 is 0 Å². The monoisotopic (exact) mass is 226 g/mol. The number of aromatic nitrogens is 3. The Balaban J connectivity index is 2.09. The lowest BCUT2D eigenvalue weighted by Gasteiger charge is -2.36. The zero-order valence-electron chi connectivity index (χ0n) is 8.96. The van der Waals surface area contributed by atoms with Crippen LogP contribution in [-0.4, -0.2) is 63.2 Å². The van der Waals surface area contributed by atoms with E-state index in [2.05, 4.69) is 15.4 Å². The molecule has 2 atom stereocenters. The van der Waals surface area contributed by atoms with Crippen LogP contribution in [0.15, 0.2) is 6.20 Å². The molecule has 0 aliphatic carbocycles. The quantitative estimate of drug-likeness (QED) is 0.676. The average Bonchev–Trinajstić information content (AvgIpc) is 2.82. The summed E-state index contributed by atoms with van der Waals surface area (Å²) in [4.78, 5) is 13.6. The van der Waals surface area contributed by atoms with Gasteiger partial charge in [-0.2, -0.15) is 15.4 Å². The summed E-state index contributed by atoms with van der Waals surface area (Å²) in [7, 11) is 0. The number of aliphatic hydroxyl groups excluding tert-OH is 1. The first-order valence-corrected chi connectivity index (χ1v) is 5.11. The van der Waals surface area contributed by atoms with Crippen molar-refractivity contribution in [1.29, 1.82) is 0 Å². The second-order valence-electron chi connectivity index (χ2n) is 3.80. The lowest BCUT2D eigenvalue weighted by molar-refractivity contribution is -0.0668. The number of ether oxygens (including phenoxy) is 1. The molecule has 1 fully saturated rings. The fourth-order valence-electron chi connectivity index (χ4n) is 1.66. The summed E-state index contributed by atoms with van der Waals surface area (Å²) in [6.45, 7) is 2.61. The van der Waals surface area contributed by atoms with E-state index in [0.717, 1.165) is 0 Å². The molecule has 0 spiro atoms. The number of morpholine rings is 1. The van der Waals surface area contributed by atoms with Crippen LogP contribution in [0.5, 0.6) is 0 Å². The molecular formula is C9H14N4O3. The highest BCUT2D eigenvalue weighted by molar-refractivity contribution is 5.92. The summed E-state index contributed by atoms with van der Waals surface area (Å²) >= 11 is 0. The van der Waals surface area contributed by atoms with Gasteiger partial charge in [0.2, 0.25) is 0 Å². The van der Waals surface area contributed by atoms with Gasteiger partial charge >= 0.3 is 0 Å². The first-order valence-electron chi connectivity index (χ1n) is 5.11. The van der Waals surface area contributed by atoms with E-state index in [1.54, 1.807) is 4.90 Å². The van der Waals surface area contributed by atoms with Crippen molar-refractivity contribution in [2.24, 2.45) is 0 Å². The molecule has 1 saturated heterocycles. The molecule has 16 heavy (non-hydrogen) atoms. The van der Waals surface area contributed by atoms with E-state index in [1.165, 1.54) is 6.20 Å². The summed E-state index contributed by atoms with van der Waals surface area (Å²) in [6, 6.07) is -0.0213. The van der Waals surface area contributed by atoms with Gasteiger partial charge in [-0.1, -0.05) is 0 Å². The molecule has 0 radical (unpaired) electrons. The first-order chi connectivity index (χ1) is 7.72. The van der Waals surface area contributed by atoms with Crippen molar-refractivity contribution >= 4 is 5.91 Å². The number of carbonyl (C=O) groups excluding carboxylic acids is 1. The van der Waals surface area contributed by atoms with Crippen LogP contribution < -0.4 is 0 Å². The topological polar surface area (TPSA) is 91.3 Å². The number of hydrogen-bond acceptors (Lipinski definition) is 5. The molecule has 7 heteroatoms. The zero-order chi connectivity index (χ0) is 11.5. The van der Waals surface area contributed by atoms with Crippen LogP contribution in [0.1, 0.15) is 17.4 Å². The Morgan fingerprint density at radius 3 is 3.25 bits per heavy atom. The highest BCUT2D eigenvalue weighted by Crippen LogP contribution is 2.13. The molecule has 2 unspecified atom stereocenters. The second-order valence-corrected chi connectivity index (χ2v) is 3.80. The zero-order valence-corrected chi connectivity index (χ0v) is 8.96. The van der Waals surface area contributed by atoms with Gasteiger partial charge in [0.15, 0.2) is 5.69 Å². The van der Waals surface area contributed by atoms with Gasteiger partial charge in [0, 0.05) is 6.54 Å². The summed E-state index contributed by atoms with van der Waals surface area (Å²) in [6.07, 6.45) is 1.07. The number of nitrogens with zero attached hydrogens (tertiary/aromatic N) is 3. The van der Waals surface area contributed by atoms with Crippen molar-refractivity contribution in [3.05, 3.63) is 11.9 Å². The molecule has 0 saturated carbocycles. The summed E-state index contributed by atoms with van der Waals surface area (Å²) in [5, 5.41) is 18.8. The third kappa shape index (κ3) is 2.05. The standard InChI is InChI=1S/C9H14N4O3/c1-6-5-16-7(4-14)3-13(6)9(15)8-2-10-12-11-8/h2,6-7,14H,3-5H2,1H3,(H,10,11,12). The number of carbonyl (C=O) groups is 1. The third-order valence-electron chi connectivity index (χ3n) is 2.60. The molecule has 2 N–H and O–H groups in total. The Labute approximate surface area is 92.4 Å². The summed E-state index contributed by atoms with van der Waals surface area (Å²) in [5.41, 5.74) is 0.283. The molecule has 1 aliphatic heterocycles. The predicted octanol–water partition coefficient (Wildman–Crippen LogP) is -0.974. The highest BCUT2D eigenvalue weighted by atomic mass is 16.5. The molecule has 0 bridgehead atoms. The minimum atomic E-state index is -0.313. The molecule has 1 aliphatic rings. The highest BCUT2D eigenvalue weighted by Gasteiger charge is 2.30. The molecule has 1 aromatic rings. The number of hydrogen-bond donors (Lipinski definition) is 2. The maximum Gasteiger partial charge on any atom is 0.276 e. The van der Waals surface area contributed by atoms with Gasteiger partial charge in [0.1, 0.15) is 0 Å².